The van der Waals surface area contributed by atoms with Crippen LogP contribution in [-0.2, 0) is 10.0 Å². The van der Waals surface area contributed by atoms with Crippen molar-refractivity contribution in [1.29, 1.82) is 0 Å². The smallest absolute Gasteiger partial charge is 0.315 e. The molecule has 79 valence electrons. The first kappa shape index (κ1) is 12.7. The maximum absolute atomic E-state index is 11.2. The van der Waals surface area contributed by atoms with Gasteiger partial charge in [-0.05, 0) is 0 Å². The summed E-state index contributed by atoms with van der Waals surface area (Å²) in [4.78, 5) is 12.4. The first-order valence-electron chi connectivity index (χ1n) is 3.84. The van der Waals surface area contributed by atoms with Crippen LogP contribution in [0.2, 0.25) is 0 Å². The van der Waals surface area contributed by atoms with E-state index in [-0.39, 0.29) is 13.1 Å². The molecule has 14 heavy (non-hydrogen) atoms. The molecule has 0 aromatic heterocycles. The van der Waals surface area contributed by atoms with E-state index in [0.717, 1.165) is 6.26 Å². The minimum atomic E-state index is -3.64. The molecule has 0 aromatic rings. The van der Waals surface area contributed by atoms with Crippen LogP contribution < -0.4 is 4.72 Å². The first-order chi connectivity index (χ1) is 6.40. The summed E-state index contributed by atoms with van der Waals surface area (Å²) >= 11 is 0. The van der Waals surface area contributed by atoms with E-state index in [4.69, 9.17) is 0 Å². The molecule has 0 atom stereocenters. The van der Waals surface area contributed by atoms with Crippen molar-refractivity contribution < 1.29 is 13.2 Å². The van der Waals surface area contributed by atoms with E-state index in [0.29, 0.717) is 0 Å². The van der Waals surface area contributed by atoms with E-state index in [2.05, 4.69) is 17.9 Å². The number of hydrogen-bond acceptors (Lipinski definition) is 3. The van der Waals surface area contributed by atoms with Gasteiger partial charge in [-0.2, -0.15) is 0 Å². The van der Waals surface area contributed by atoms with Gasteiger partial charge >= 0.3 is 6.03 Å². The molecule has 0 heterocycles. The summed E-state index contributed by atoms with van der Waals surface area (Å²) in [6, 6.07) is -0.799. The van der Waals surface area contributed by atoms with Crippen molar-refractivity contribution in [2.75, 3.05) is 19.3 Å². The van der Waals surface area contributed by atoms with Crippen LogP contribution in [0.25, 0.3) is 0 Å². The molecule has 0 aliphatic heterocycles. The largest absolute Gasteiger partial charge is 0.354 e. The van der Waals surface area contributed by atoms with Gasteiger partial charge in [0.15, 0.2) is 0 Å². The van der Waals surface area contributed by atoms with Crippen LogP contribution in [0, 0.1) is 0 Å². The van der Waals surface area contributed by atoms with Gasteiger partial charge in [0.2, 0.25) is 0 Å². The fraction of sp³-hybridized carbons (Fsp3) is 0.375. The van der Waals surface area contributed by atoms with Gasteiger partial charge in [-0.25, -0.2) is 13.2 Å². The fourth-order valence-corrected chi connectivity index (χ4v) is 1.14. The first-order valence-corrected chi connectivity index (χ1v) is 5.69. The average molecular weight is 217 g/mol. The number of hydrogen-bond donors (Lipinski definition) is 0. The van der Waals surface area contributed by atoms with Gasteiger partial charge < -0.3 is 4.90 Å². The topological polar surface area (TPSA) is 68.6 Å². The Hall–Kier alpha value is -1.30. The standard InChI is InChI=1S/C8H13N2O3S/c1-4-6-10(7-5-2)8(11)9-14(3,12)13/h4-5H,1-2,6-7H2,3H3. The molecule has 0 spiro atoms. The SMILES string of the molecule is C=CCN(CC=C)C(=O)[N]S(C)(=O)=O. The molecule has 6 heteroatoms. The predicted octanol–water partition coefficient (Wildman–Crippen LogP) is 0.344. The Labute approximate surface area is 84.1 Å². The predicted molar refractivity (Wildman–Crippen MR) is 54.3 cm³/mol. The van der Waals surface area contributed by atoms with Gasteiger partial charge in [-0.1, -0.05) is 12.2 Å². The second-order valence-corrected chi connectivity index (χ2v) is 4.24. The van der Waals surface area contributed by atoms with E-state index >= 15 is 0 Å². The third kappa shape index (κ3) is 5.36. The normalized spacial score (nSPS) is 10.4. The van der Waals surface area contributed by atoms with Crippen LogP contribution in [0.15, 0.2) is 25.3 Å². The van der Waals surface area contributed by atoms with Crippen molar-refractivity contribution in [2.45, 2.75) is 0 Å². The minimum absolute atomic E-state index is 0.240. The van der Waals surface area contributed by atoms with Gasteiger partial charge in [0.05, 0.1) is 6.26 Å². The maximum Gasteiger partial charge on any atom is 0.354 e. The molecule has 0 fully saturated rings. The zero-order chi connectivity index (χ0) is 11.2. The van der Waals surface area contributed by atoms with Crippen LogP contribution in [0.4, 0.5) is 4.79 Å². The molecular formula is C8H13N2O3S. The van der Waals surface area contributed by atoms with Gasteiger partial charge in [0.1, 0.15) is 0 Å². The van der Waals surface area contributed by atoms with Gasteiger partial charge in [0, 0.05) is 13.1 Å². The highest BCUT2D eigenvalue weighted by molar-refractivity contribution is 7.89. The molecule has 1 radical (unpaired) electrons. The molecule has 0 unspecified atom stereocenters. The van der Waals surface area contributed by atoms with Gasteiger partial charge in [-0.3, -0.25) is 0 Å². The van der Waals surface area contributed by atoms with Crippen molar-refractivity contribution >= 4 is 16.1 Å². The third-order valence-corrected chi connectivity index (χ3v) is 1.70. The third-order valence-electron chi connectivity index (χ3n) is 1.21. The molecule has 0 aliphatic carbocycles. The summed E-state index contributed by atoms with van der Waals surface area (Å²) in [5.74, 6) is 0. The van der Waals surface area contributed by atoms with Crippen molar-refractivity contribution in [1.82, 2.24) is 9.62 Å². The van der Waals surface area contributed by atoms with Crippen molar-refractivity contribution in [3.63, 3.8) is 0 Å². The quantitative estimate of drug-likeness (QED) is 0.624. The van der Waals surface area contributed by atoms with E-state index in [1.807, 2.05) is 0 Å². The highest BCUT2D eigenvalue weighted by atomic mass is 32.2. The summed E-state index contributed by atoms with van der Waals surface area (Å²) in [5, 5.41) is 0. The Morgan fingerprint density at radius 1 is 1.36 bits per heavy atom. The fourth-order valence-electron chi connectivity index (χ4n) is 0.742. The lowest BCUT2D eigenvalue weighted by molar-refractivity contribution is 0.213. The lowest BCUT2D eigenvalue weighted by atomic mass is 10.5. The molecule has 0 saturated carbocycles. The summed E-state index contributed by atoms with van der Waals surface area (Å²) in [6.45, 7) is 7.36. The molecule has 0 bridgehead atoms. The van der Waals surface area contributed by atoms with Crippen molar-refractivity contribution in [3.05, 3.63) is 25.3 Å². The maximum atomic E-state index is 11.2. The molecular weight excluding hydrogens is 204 g/mol. The minimum Gasteiger partial charge on any atom is -0.315 e. The van der Waals surface area contributed by atoms with Crippen LogP contribution in [0.1, 0.15) is 0 Å². The number of nitrogens with zero attached hydrogens (tertiary/aromatic N) is 2. The summed E-state index contributed by atoms with van der Waals surface area (Å²) in [5.41, 5.74) is 0. The summed E-state index contributed by atoms with van der Waals surface area (Å²) in [7, 11) is -3.64. The van der Waals surface area contributed by atoms with Crippen molar-refractivity contribution in [3.8, 4) is 0 Å². The van der Waals surface area contributed by atoms with Crippen LogP contribution >= 0.6 is 0 Å². The van der Waals surface area contributed by atoms with Gasteiger partial charge in [-0.15, -0.1) is 17.9 Å². The lowest BCUT2D eigenvalue weighted by Gasteiger charge is -2.17. The van der Waals surface area contributed by atoms with Crippen LogP contribution in [-0.4, -0.2) is 38.7 Å². The number of sulfonamides is 1. The molecule has 0 rings (SSSR count). The van der Waals surface area contributed by atoms with E-state index in [9.17, 15) is 13.2 Å². The number of urea groups is 1. The molecule has 0 aromatic carbocycles. The second-order valence-electron chi connectivity index (χ2n) is 2.59. The van der Waals surface area contributed by atoms with Crippen molar-refractivity contribution in [2.24, 2.45) is 0 Å². The molecule has 0 N–H and O–H groups in total. The number of carbonyl (C=O) groups excluding carboxylic acids is 1. The molecule has 2 amide bonds. The zero-order valence-corrected chi connectivity index (χ0v) is 8.83. The highest BCUT2D eigenvalue weighted by Gasteiger charge is 2.17. The molecule has 0 aliphatic rings. The average Bonchev–Trinajstić information content (AvgIpc) is 2.01. The Morgan fingerprint density at radius 2 is 1.79 bits per heavy atom. The Kier molecular flexibility index (Phi) is 4.93. The number of carbonyl (C=O) groups is 1. The number of amides is 2. The zero-order valence-electron chi connectivity index (χ0n) is 8.01. The molecule has 0 saturated heterocycles. The monoisotopic (exact) mass is 217 g/mol. The van der Waals surface area contributed by atoms with E-state index in [1.165, 1.54) is 17.1 Å². The van der Waals surface area contributed by atoms with Gasteiger partial charge in [0.25, 0.3) is 10.0 Å². The highest BCUT2D eigenvalue weighted by Crippen LogP contribution is 1.93. The number of rotatable bonds is 5. The van der Waals surface area contributed by atoms with Crippen LogP contribution in [0.5, 0.6) is 0 Å². The summed E-state index contributed by atoms with van der Waals surface area (Å²) in [6.07, 6.45) is 3.84. The Bertz CT molecular complexity index is 311. The molecule has 5 nitrogen and oxygen atoms in total. The second kappa shape index (κ2) is 5.43. The van der Waals surface area contributed by atoms with E-state index < -0.39 is 16.1 Å². The van der Waals surface area contributed by atoms with Crippen LogP contribution in [0.3, 0.4) is 0 Å². The Balaban J connectivity index is 4.43. The van der Waals surface area contributed by atoms with E-state index in [1.54, 1.807) is 0 Å². The lowest BCUT2D eigenvalue weighted by Crippen LogP contribution is -2.38. The Morgan fingerprint density at radius 3 is 2.07 bits per heavy atom. The summed E-state index contributed by atoms with van der Waals surface area (Å²) < 4.78 is 24.4.